The highest BCUT2D eigenvalue weighted by atomic mass is 35.5. The van der Waals surface area contributed by atoms with Crippen LogP contribution < -0.4 is 33.9 Å². The van der Waals surface area contributed by atoms with E-state index in [0.717, 1.165) is 30.4 Å². The predicted molar refractivity (Wildman–Crippen MR) is 173 cm³/mol. The van der Waals surface area contributed by atoms with Gasteiger partial charge in [-0.15, -0.1) is 0 Å². The molecular formula is C31H39ClFN9O2. The average Bonchev–Trinajstić information content (AvgIpc) is 3.36. The van der Waals surface area contributed by atoms with Gasteiger partial charge in [0.25, 0.3) is 0 Å². The Balaban J connectivity index is 1.50. The molecule has 0 spiro atoms. The van der Waals surface area contributed by atoms with Gasteiger partial charge in [-0.1, -0.05) is 23.7 Å². The molecular weight excluding hydrogens is 585 g/mol. The minimum Gasteiger partial charge on any atom is -0.370 e. The molecule has 0 aliphatic rings. The van der Waals surface area contributed by atoms with Crippen molar-refractivity contribution in [2.45, 2.75) is 64.1 Å². The van der Waals surface area contributed by atoms with Crippen LogP contribution in [-0.2, 0) is 11.2 Å². The van der Waals surface area contributed by atoms with Crippen molar-refractivity contribution >= 4 is 34.5 Å². The van der Waals surface area contributed by atoms with Gasteiger partial charge >= 0.3 is 5.69 Å². The number of amides is 1. The zero-order chi connectivity index (χ0) is 32.0. The summed E-state index contributed by atoms with van der Waals surface area (Å²) in [6.07, 6.45) is 4.69. The monoisotopic (exact) mass is 623 g/mol. The number of guanidine groups is 1. The number of carbonyl (C=O) groups excluding carboxylic acids is 1. The lowest BCUT2D eigenvalue weighted by atomic mass is 10.0. The van der Waals surface area contributed by atoms with Crippen LogP contribution in [0.25, 0.3) is 28.0 Å². The smallest absolute Gasteiger partial charge is 0.354 e. The second-order valence-electron chi connectivity index (χ2n) is 11.1. The van der Waals surface area contributed by atoms with E-state index in [1.807, 2.05) is 38.1 Å². The van der Waals surface area contributed by atoms with E-state index in [1.165, 1.54) is 4.57 Å². The predicted octanol–water partition coefficient (Wildman–Crippen LogP) is 3.40. The van der Waals surface area contributed by atoms with Gasteiger partial charge in [-0.2, -0.15) is 4.98 Å². The first-order chi connectivity index (χ1) is 20.9. The third-order valence-corrected chi connectivity index (χ3v) is 7.65. The zero-order valence-electron chi connectivity index (χ0n) is 24.8. The molecule has 2 heterocycles. The zero-order valence-corrected chi connectivity index (χ0v) is 25.6. The number of nitrogens with one attached hydrogen (secondary N) is 2. The lowest BCUT2D eigenvalue weighted by molar-refractivity contribution is -0.118. The highest BCUT2D eigenvalue weighted by molar-refractivity contribution is 6.31. The van der Waals surface area contributed by atoms with E-state index < -0.39 is 23.5 Å². The van der Waals surface area contributed by atoms with E-state index >= 15 is 4.39 Å². The number of halogens is 2. The van der Waals surface area contributed by atoms with E-state index in [-0.39, 0.29) is 29.5 Å². The fraction of sp³-hybridized carbons (Fsp3) is 0.355. The normalized spacial score (nSPS) is 13.5. The number of aromatic nitrogens is 3. The van der Waals surface area contributed by atoms with Gasteiger partial charge < -0.3 is 33.2 Å². The molecule has 4 aromatic rings. The number of hydrogen-bond donors (Lipinski definition) is 6. The van der Waals surface area contributed by atoms with E-state index in [9.17, 15) is 9.59 Å². The van der Waals surface area contributed by atoms with Crippen molar-refractivity contribution in [2.24, 2.45) is 27.9 Å². The van der Waals surface area contributed by atoms with Crippen LogP contribution in [0.5, 0.6) is 0 Å². The molecule has 234 valence electrons. The Labute approximate surface area is 259 Å². The Bertz CT molecular complexity index is 1700. The van der Waals surface area contributed by atoms with Crippen LogP contribution in [0.2, 0.25) is 5.02 Å². The minimum atomic E-state index is -0.540. The van der Waals surface area contributed by atoms with Crippen LogP contribution in [0, 0.1) is 5.82 Å². The quantitative estimate of drug-likeness (QED) is 0.0913. The van der Waals surface area contributed by atoms with Crippen molar-refractivity contribution in [1.82, 2.24) is 19.9 Å². The lowest BCUT2D eigenvalue weighted by Gasteiger charge is -2.17. The van der Waals surface area contributed by atoms with Crippen LogP contribution >= 0.6 is 11.6 Å². The first kappa shape index (κ1) is 32.6. The SMILES string of the molecule is C[C@H](N)CCCc1cc(Cl)c(F)c(-c2cc3cn(-c4ccc([C@H](C)NCC[C@H](CC(N)=O)N=C(N)N)cc4)c(=O)nc3[nH]2)c1. The molecule has 4 rings (SSSR count). The minimum absolute atomic E-state index is 0.0294. The van der Waals surface area contributed by atoms with E-state index in [0.29, 0.717) is 40.9 Å². The maximum Gasteiger partial charge on any atom is 0.354 e. The Kier molecular flexibility index (Phi) is 10.7. The molecule has 0 unspecified atom stereocenters. The highest BCUT2D eigenvalue weighted by Gasteiger charge is 2.16. The fourth-order valence-electron chi connectivity index (χ4n) is 5.10. The van der Waals surface area contributed by atoms with Gasteiger partial charge in [0, 0.05) is 35.7 Å². The van der Waals surface area contributed by atoms with Crippen LogP contribution in [0.4, 0.5) is 4.39 Å². The number of carbonyl (C=O) groups is 1. The summed E-state index contributed by atoms with van der Waals surface area (Å²) < 4.78 is 16.5. The van der Waals surface area contributed by atoms with Crippen LogP contribution in [0.1, 0.15) is 56.7 Å². The Morgan fingerprint density at radius 3 is 2.52 bits per heavy atom. The second kappa shape index (κ2) is 14.5. The summed E-state index contributed by atoms with van der Waals surface area (Å²) in [7, 11) is 0. The van der Waals surface area contributed by atoms with Gasteiger partial charge in [0.05, 0.1) is 22.4 Å². The summed E-state index contributed by atoms with van der Waals surface area (Å²) in [4.78, 5) is 35.6. The molecule has 1 amide bonds. The number of primary amides is 1. The van der Waals surface area contributed by atoms with Crippen molar-refractivity contribution in [3.8, 4) is 16.9 Å². The number of aliphatic imine (C=N–C) groups is 1. The molecule has 10 N–H and O–H groups in total. The lowest BCUT2D eigenvalue weighted by Crippen LogP contribution is -2.30. The van der Waals surface area contributed by atoms with Gasteiger partial charge in [-0.3, -0.25) is 9.36 Å². The summed E-state index contributed by atoms with van der Waals surface area (Å²) in [6, 6.07) is 12.3. The Hall–Kier alpha value is -4.26. The third-order valence-electron chi connectivity index (χ3n) is 7.38. The van der Waals surface area contributed by atoms with Crippen molar-refractivity contribution in [1.29, 1.82) is 0 Å². The molecule has 2 aromatic carbocycles. The van der Waals surface area contributed by atoms with E-state index in [2.05, 4.69) is 20.3 Å². The van der Waals surface area contributed by atoms with Crippen LogP contribution in [-0.4, -0.2) is 45.0 Å². The van der Waals surface area contributed by atoms with Gasteiger partial charge in [-0.25, -0.2) is 14.2 Å². The Morgan fingerprint density at radius 2 is 1.86 bits per heavy atom. The van der Waals surface area contributed by atoms with Crippen LogP contribution in [0.3, 0.4) is 0 Å². The summed E-state index contributed by atoms with van der Waals surface area (Å²) in [6.45, 7) is 4.50. The third kappa shape index (κ3) is 8.43. The van der Waals surface area contributed by atoms with Gasteiger partial charge in [0.2, 0.25) is 5.91 Å². The number of hydrogen-bond acceptors (Lipinski definition) is 6. The number of rotatable bonds is 14. The first-order valence-electron chi connectivity index (χ1n) is 14.5. The summed E-state index contributed by atoms with van der Waals surface area (Å²) in [5.74, 6) is -1.10. The number of aromatic amines is 1. The maximum absolute atomic E-state index is 15.1. The van der Waals surface area contributed by atoms with Gasteiger partial charge in [-0.05, 0) is 87.5 Å². The molecule has 11 nitrogen and oxygen atoms in total. The summed E-state index contributed by atoms with van der Waals surface area (Å²) in [5, 5.41) is 4.06. The van der Waals surface area contributed by atoms with E-state index in [1.54, 1.807) is 24.4 Å². The number of nitrogens with zero attached hydrogens (tertiary/aromatic N) is 3. The number of H-pyrrole nitrogens is 1. The van der Waals surface area contributed by atoms with Crippen LogP contribution in [0.15, 0.2) is 58.4 Å². The molecule has 0 aliphatic carbocycles. The molecule has 13 heteroatoms. The largest absolute Gasteiger partial charge is 0.370 e. The molecule has 3 atom stereocenters. The van der Waals surface area contributed by atoms with E-state index in [4.69, 9.17) is 34.5 Å². The van der Waals surface area contributed by atoms with Crippen molar-refractivity contribution in [3.63, 3.8) is 0 Å². The highest BCUT2D eigenvalue weighted by Crippen LogP contribution is 2.31. The molecule has 0 aliphatic heterocycles. The number of fused-ring (bicyclic) bond motifs is 1. The van der Waals surface area contributed by atoms with Crippen molar-refractivity contribution in [2.75, 3.05) is 6.54 Å². The molecule has 0 radical (unpaired) electrons. The molecule has 0 fully saturated rings. The number of benzene rings is 2. The Morgan fingerprint density at radius 1 is 1.14 bits per heavy atom. The molecule has 44 heavy (non-hydrogen) atoms. The van der Waals surface area contributed by atoms with Crippen molar-refractivity contribution < 1.29 is 9.18 Å². The van der Waals surface area contributed by atoms with Gasteiger partial charge in [0.15, 0.2) is 11.8 Å². The topological polar surface area (TPSA) is 196 Å². The standard InChI is InChI=1S/C31H39ClFN9O2/c1-17(34)4-3-5-19-12-24(28(33)25(32)13-19)26-14-21-16-42(31(44)41-29(21)40-26)23-8-6-20(7-9-23)18(2)38-11-10-22(15-27(35)43)39-30(36)37/h6-9,12-14,16-18,22,38H,3-5,10-11,15,34H2,1-2H3,(H2,35,43)(H4,36,37,39)(H,40,41,44)/t17-,18-,22+/m0/s1. The van der Waals surface area contributed by atoms with Crippen molar-refractivity contribution in [3.05, 3.63) is 81.1 Å². The first-order valence-corrected chi connectivity index (χ1v) is 14.9. The molecule has 0 saturated heterocycles. The average molecular weight is 624 g/mol. The number of aryl methyl sites for hydroxylation is 1. The maximum atomic E-state index is 15.1. The van der Waals surface area contributed by atoms with Gasteiger partial charge in [0.1, 0.15) is 5.65 Å². The summed E-state index contributed by atoms with van der Waals surface area (Å²) in [5.41, 5.74) is 25.3. The molecule has 0 bridgehead atoms. The molecule has 0 saturated carbocycles. The summed E-state index contributed by atoms with van der Waals surface area (Å²) >= 11 is 6.23. The fourth-order valence-corrected chi connectivity index (χ4v) is 5.34. The molecule has 2 aromatic heterocycles. The number of nitrogens with two attached hydrogens (primary N) is 4. The second-order valence-corrected chi connectivity index (χ2v) is 11.5.